The van der Waals surface area contributed by atoms with E-state index in [2.05, 4.69) is 75.4 Å². The van der Waals surface area contributed by atoms with Crippen LogP contribution >= 0.6 is 0 Å². The number of hydrogen-bond donors (Lipinski definition) is 0. The molecule has 0 N–H and O–H groups in total. The lowest BCUT2D eigenvalue weighted by Crippen LogP contribution is -2.16. The Balaban J connectivity index is 2.11. The molecule has 0 atom stereocenters. The van der Waals surface area contributed by atoms with E-state index in [4.69, 9.17) is 0 Å². The average molecular weight is 266 g/mol. The van der Waals surface area contributed by atoms with Gasteiger partial charge in [-0.15, -0.1) is 0 Å². The van der Waals surface area contributed by atoms with Gasteiger partial charge >= 0.3 is 0 Å². The van der Waals surface area contributed by atoms with Crippen LogP contribution in [-0.2, 0) is 5.41 Å². The molecular weight excluding hydrogens is 240 g/mol. The van der Waals surface area contributed by atoms with Crippen LogP contribution in [0.3, 0.4) is 0 Å². The summed E-state index contributed by atoms with van der Waals surface area (Å²) in [5.74, 6) is 0. The molecule has 0 aliphatic rings. The molecule has 0 fully saturated rings. The summed E-state index contributed by atoms with van der Waals surface area (Å²) < 4.78 is 0. The predicted molar refractivity (Wildman–Crippen MR) is 89.0 cm³/mol. The highest BCUT2D eigenvalue weighted by molar-refractivity contribution is 5.63. The first-order valence-corrected chi connectivity index (χ1v) is 7.79. The fourth-order valence-electron chi connectivity index (χ4n) is 2.71. The van der Waals surface area contributed by atoms with Crippen molar-refractivity contribution >= 4 is 0 Å². The van der Waals surface area contributed by atoms with Gasteiger partial charge in [0, 0.05) is 0 Å². The largest absolute Gasteiger partial charge is 0.0654 e. The van der Waals surface area contributed by atoms with E-state index in [9.17, 15) is 0 Å². The lowest BCUT2D eigenvalue weighted by Gasteiger charge is -2.25. The maximum atomic E-state index is 2.36. The molecule has 0 aromatic heterocycles. The first kappa shape index (κ1) is 14.8. The van der Waals surface area contributed by atoms with Crippen molar-refractivity contribution < 1.29 is 0 Å². The van der Waals surface area contributed by atoms with Crippen LogP contribution in [0.2, 0.25) is 0 Å². The zero-order chi connectivity index (χ0) is 14.4. The summed E-state index contributed by atoms with van der Waals surface area (Å²) in [5.41, 5.74) is 4.33. The number of unbranched alkanes of at least 4 members (excludes halogenated alkanes) is 2. The van der Waals surface area contributed by atoms with Gasteiger partial charge in [0.15, 0.2) is 0 Å². The Morgan fingerprint density at radius 3 is 1.95 bits per heavy atom. The normalized spacial score (nSPS) is 11.6. The number of rotatable bonds is 6. The van der Waals surface area contributed by atoms with Gasteiger partial charge in [-0.2, -0.15) is 0 Å². The third kappa shape index (κ3) is 3.72. The van der Waals surface area contributed by atoms with E-state index < -0.39 is 0 Å². The standard InChI is InChI=1S/C20H26/c1-4-5-9-16-20(2,3)19-14-12-18(13-15-19)17-10-7-6-8-11-17/h6-8,10-15H,4-5,9,16H2,1-3H3. The van der Waals surface area contributed by atoms with E-state index in [0.29, 0.717) is 0 Å². The minimum atomic E-state index is 0.282. The Morgan fingerprint density at radius 2 is 1.35 bits per heavy atom. The maximum Gasteiger partial charge on any atom is -0.0104 e. The van der Waals surface area contributed by atoms with Gasteiger partial charge in [0.05, 0.1) is 0 Å². The molecular formula is C20H26. The third-order valence-corrected chi connectivity index (χ3v) is 4.18. The molecule has 0 spiro atoms. The molecule has 0 aliphatic carbocycles. The molecule has 0 saturated heterocycles. The molecule has 2 aromatic carbocycles. The first-order valence-electron chi connectivity index (χ1n) is 7.79. The van der Waals surface area contributed by atoms with Crippen molar-refractivity contribution in [3.05, 3.63) is 60.2 Å². The monoisotopic (exact) mass is 266 g/mol. The Morgan fingerprint density at radius 1 is 0.750 bits per heavy atom. The van der Waals surface area contributed by atoms with Gasteiger partial charge in [0.25, 0.3) is 0 Å². The van der Waals surface area contributed by atoms with Crippen molar-refractivity contribution in [2.75, 3.05) is 0 Å². The van der Waals surface area contributed by atoms with E-state index in [1.165, 1.54) is 42.4 Å². The van der Waals surface area contributed by atoms with Gasteiger partial charge in [0.1, 0.15) is 0 Å². The molecule has 20 heavy (non-hydrogen) atoms. The summed E-state index contributed by atoms with van der Waals surface area (Å²) in [6, 6.07) is 19.7. The minimum Gasteiger partial charge on any atom is -0.0654 e. The van der Waals surface area contributed by atoms with Crippen LogP contribution < -0.4 is 0 Å². The highest BCUT2D eigenvalue weighted by atomic mass is 14.2. The molecule has 0 nitrogen and oxygen atoms in total. The van der Waals surface area contributed by atoms with Gasteiger partial charge < -0.3 is 0 Å². The van der Waals surface area contributed by atoms with Gasteiger partial charge in [-0.25, -0.2) is 0 Å². The van der Waals surface area contributed by atoms with Gasteiger partial charge in [-0.05, 0) is 28.5 Å². The Bertz CT molecular complexity index is 505. The molecule has 0 bridgehead atoms. The van der Waals surface area contributed by atoms with Gasteiger partial charge in [0.2, 0.25) is 0 Å². The Hall–Kier alpha value is -1.56. The van der Waals surface area contributed by atoms with Crippen LogP contribution in [0, 0.1) is 0 Å². The topological polar surface area (TPSA) is 0 Å². The fraction of sp³-hybridized carbons (Fsp3) is 0.400. The van der Waals surface area contributed by atoms with E-state index in [-0.39, 0.29) is 5.41 Å². The Labute approximate surface area is 123 Å². The molecule has 2 aromatic rings. The van der Waals surface area contributed by atoms with Crippen molar-refractivity contribution in [3.8, 4) is 11.1 Å². The summed E-state index contributed by atoms with van der Waals surface area (Å²) in [6.45, 7) is 6.99. The van der Waals surface area contributed by atoms with E-state index >= 15 is 0 Å². The average Bonchev–Trinajstić information content (AvgIpc) is 2.48. The molecule has 0 amide bonds. The summed E-state index contributed by atoms with van der Waals surface area (Å²) in [7, 11) is 0. The second kappa shape index (κ2) is 6.74. The molecule has 0 unspecified atom stereocenters. The molecule has 2 rings (SSSR count). The van der Waals surface area contributed by atoms with Crippen molar-refractivity contribution in [2.24, 2.45) is 0 Å². The van der Waals surface area contributed by atoms with Crippen molar-refractivity contribution in [1.29, 1.82) is 0 Å². The zero-order valence-corrected chi connectivity index (χ0v) is 13.0. The fourth-order valence-corrected chi connectivity index (χ4v) is 2.71. The van der Waals surface area contributed by atoms with E-state index in [1.807, 2.05) is 0 Å². The van der Waals surface area contributed by atoms with E-state index in [0.717, 1.165) is 0 Å². The SMILES string of the molecule is CCCCCC(C)(C)c1ccc(-c2ccccc2)cc1. The predicted octanol–water partition coefficient (Wildman–Crippen LogP) is 6.21. The van der Waals surface area contributed by atoms with Crippen LogP contribution in [0.1, 0.15) is 52.0 Å². The summed E-state index contributed by atoms with van der Waals surface area (Å²) in [6.07, 6.45) is 5.23. The van der Waals surface area contributed by atoms with Crippen LogP contribution in [-0.4, -0.2) is 0 Å². The highest BCUT2D eigenvalue weighted by Crippen LogP contribution is 2.31. The van der Waals surface area contributed by atoms with Crippen LogP contribution in [0.5, 0.6) is 0 Å². The molecule has 0 aliphatic heterocycles. The number of benzene rings is 2. The van der Waals surface area contributed by atoms with Crippen molar-refractivity contribution in [1.82, 2.24) is 0 Å². The second-order valence-corrected chi connectivity index (χ2v) is 6.28. The van der Waals surface area contributed by atoms with Crippen molar-refractivity contribution in [3.63, 3.8) is 0 Å². The summed E-state index contributed by atoms with van der Waals surface area (Å²) >= 11 is 0. The summed E-state index contributed by atoms with van der Waals surface area (Å²) in [5, 5.41) is 0. The molecule has 0 heterocycles. The van der Waals surface area contributed by atoms with Crippen LogP contribution in [0.25, 0.3) is 11.1 Å². The first-order chi connectivity index (χ1) is 9.63. The summed E-state index contributed by atoms with van der Waals surface area (Å²) in [4.78, 5) is 0. The van der Waals surface area contributed by atoms with Gasteiger partial charge in [-0.3, -0.25) is 0 Å². The molecule has 0 radical (unpaired) electrons. The molecule has 0 heteroatoms. The lowest BCUT2D eigenvalue weighted by atomic mass is 9.79. The van der Waals surface area contributed by atoms with Crippen LogP contribution in [0.15, 0.2) is 54.6 Å². The van der Waals surface area contributed by atoms with E-state index in [1.54, 1.807) is 0 Å². The molecule has 106 valence electrons. The van der Waals surface area contributed by atoms with Crippen LogP contribution in [0.4, 0.5) is 0 Å². The second-order valence-electron chi connectivity index (χ2n) is 6.28. The van der Waals surface area contributed by atoms with Crippen molar-refractivity contribution in [2.45, 2.75) is 51.9 Å². The zero-order valence-electron chi connectivity index (χ0n) is 13.0. The lowest BCUT2D eigenvalue weighted by molar-refractivity contribution is 0.450. The Kier molecular flexibility index (Phi) is 5.00. The highest BCUT2D eigenvalue weighted by Gasteiger charge is 2.19. The minimum absolute atomic E-state index is 0.282. The quantitative estimate of drug-likeness (QED) is 0.545. The number of hydrogen-bond acceptors (Lipinski definition) is 0. The molecule has 0 saturated carbocycles. The third-order valence-electron chi connectivity index (χ3n) is 4.18. The maximum absolute atomic E-state index is 2.36. The van der Waals surface area contributed by atoms with Gasteiger partial charge in [-0.1, -0.05) is 94.6 Å². The smallest absolute Gasteiger partial charge is 0.0104 e.